The van der Waals surface area contributed by atoms with Gasteiger partial charge in [0.15, 0.2) is 17.5 Å². The zero-order chi connectivity index (χ0) is 18.2. The highest BCUT2D eigenvalue weighted by molar-refractivity contribution is 5.80. The van der Waals surface area contributed by atoms with Crippen LogP contribution in [0.3, 0.4) is 0 Å². The van der Waals surface area contributed by atoms with Crippen LogP contribution in [0.5, 0.6) is 11.5 Å². The van der Waals surface area contributed by atoms with Gasteiger partial charge in [-0.3, -0.25) is 9.79 Å². The zero-order valence-corrected chi connectivity index (χ0v) is 15.4. The molecule has 0 aliphatic carbocycles. The van der Waals surface area contributed by atoms with Gasteiger partial charge >= 0.3 is 5.97 Å². The normalized spacial score (nSPS) is 13.9. The molecule has 1 N–H and O–H groups in total. The summed E-state index contributed by atoms with van der Waals surface area (Å²) in [6.45, 7) is 4.80. The molecule has 1 heterocycles. The molecule has 7 heteroatoms. The lowest BCUT2D eigenvalue weighted by molar-refractivity contribution is -0.140. The Morgan fingerprint density at radius 2 is 1.88 bits per heavy atom. The summed E-state index contributed by atoms with van der Waals surface area (Å²) in [6, 6.07) is 4.07. The highest BCUT2D eigenvalue weighted by Gasteiger charge is 2.21. The molecule has 1 aliphatic rings. The molecular weight excluding hydrogens is 322 g/mol. The molecule has 0 amide bonds. The molecule has 0 saturated carbocycles. The van der Waals surface area contributed by atoms with E-state index in [9.17, 15) is 4.79 Å². The summed E-state index contributed by atoms with van der Waals surface area (Å²) in [4.78, 5) is 18.0. The lowest BCUT2D eigenvalue weighted by atomic mass is 9.99. The van der Waals surface area contributed by atoms with Crippen molar-refractivity contribution in [2.24, 2.45) is 4.99 Å². The minimum Gasteiger partial charge on any atom is -0.493 e. The number of guanidine groups is 1. The van der Waals surface area contributed by atoms with Crippen molar-refractivity contribution in [3.63, 3.8) is 0 Å². The number of ether oxygens (including phenoxy) is 3. The molecule has 138 valence electrons. The van der Waals surface area contributed by atoms with Crippen LogP contribution in [-0.4, -0.2) is 57.8 Å². The summed E-state index contributed by atoms with van der Waals surface area (Å²) < 4.78 is 15.5. The molecule has 1 aliphatic heterocycles. The fraction of sp³-hybridized carbons (Fsp3) is 0.556. The fourth-order valence-corrected chi connectivity index (χ4v) is 2.84. The molecule has 0 radical (unpaired) electrons. The largest absolute Gasteiger partial charge is 0.493 e. The molecule has 1 aromatic carbocycles. The molecule has 0 atom stereocenters. The Balaban J connectivity index is 2.14. The number of hydrogen-bond donors (Lipinski definition) is 1. The summed E-state index contributed by atoms with van der Waals surface area (Å²) >= 11 is 0. The second-order valence-corrected chi connectivity index (χ2v) is 5.71. The van der Waals surface area contributed by atoms with Gasteiger partial charge in [0.25, 0.3) is 0 Å². The lowest BCUT2D eigenvalue weighted by Gasteiger charge is -2.32. The van der Waals surface area contributed by atoms with Gasteiger partial charge in [-0.25, -0.2) is 0 Å². The molecule has 0 fully saturated rings. The van der Waals surface area contributed by atoms with E-state index in [2.05, 4.69) is 19.9 Å². The molecule has 0 spiro atoms. The summed E-state index contributed by atoms with van der Waals surface area (Å²) in [5, 5.41) is 3.29. The third-order valence-electron chi connectivity index (χ3n) is 4.16. The van der Waals surface area contributed by atoms with Crippen LogP contribution in [0.15, 0.2) is 17.1 Å². The Kier molecular flexibility index (Phi) is 6.91. The average Bonchev–Trinajstić information content (AvgIpc) is 2.65. The van der Waals surface area contributed by atoms with E-state index in [1.165, 1.54) is 18.2 Å². The second kappa shape index (κ2) is 9.15. The molecule has 1 aromatic rings. The van der Waals surface area contributed by atoms with Crippen molar-refractivity contribution < 1.29 is 19.0 Å². The van der Waals surface area contributed by atoms with Gasteiger partial charge in [-0.05, 0) is 36.6 Å². The van der Waals surface area contributed by atoms with Crippen LogP contribution < -0.4 is 14.8 Å². The van der Waals surface area contributed by atoms with Gasteiger partial charge in [0.2, 0.25) is 0 Å². The molecule has 0 aromatic heterocycles. The maximum absolute atomic E-state index is 11.3. The van der Waals surface area contributed by atoms with Crippen LogP contribution >= 0.6 is 0 Å². The number of esters is 1. The third-order valence-corrected chi connectivity index (χ3v) is 4.16. The standard InChI is InChI=1S/C18H27N3O4/c1-5-19-18(20-8-6-17(22)25-4)21-9-7-13-10-15(23-2)16(24-3)11-14(13)12-21/h10-11H,5-9,12H2,1-4H3,(H,19,20). The quantitative estimate of drug-likeness (QED) is 0.478. The van der Waals surface area contributed by atoms with E-state index < -0.39 is 0 Å². The van der Waals surface area contributed by atoms with Gasteiger partial charge in [-0.2, -0.15) is 0 Å². The number of rotatable bonds is 6. The van der Waals surface area contributed by atoms with E-state index in [-0.39, 0.29) is 12.4 Å². The van der Waals surface area contributed by atoms with Crippen molar-refractivity contribution in [2.75, 3.05) is 41.0 Å². The highest BCUT2D eigenvalue weighted by Crippen LogP contribution is 2.33. The number of hydrogen-bond acceptors (Lipinski definition) is 5. The molecular formula is C18H27N3O4. The topological polar surface area (TPSA) is 72.4 Å². The minimum absolute atomic E-state index is 0.250. The van der Waals surface area contributed by atoms with Gasteiger partial charge in [-0.15, -0.1) is 0 Å². The van der Waals surface area contributed by atoms with Crippen molar-refractivity contribution in [1.29, 1.82) is 0 Å². The van der Waals surface area contributed by atoms with Crippen molar-refractivity contribution in [2.45, 2.75) is 26.3 Å². The predicted molar refractivity (Wildman–Crippen MR) is 96.3 cm³/mol. The Morgan fingerprint density at radius 3 is 2.48 bits per heavy atom. The summed E-state index contributed by atoms with van der Waals surface area (Å²) in [7, 11) is 4.68. The van der Waals surface area contributed by atoms with Crippen LogP contribution in [0.25, 0.3) is 0 Å². The van der Waals surface area contributed by atoms with Crippen molar-refractivity contribution in [3.05, 3.63) is 23.3 Å². The van der Waals surface area contributed by atoms with Gasteiger partial charge < -0.3 is 24.4 Å². The van der Waals surface area contributed by atoms with Crippen molar-refractivity contribution >= 4 is 11.9 Å². The Hall–Kier alpha value is -2.44. The van der Waals surface area contributed by atoms with E-state index in [1.54, 1.807) is 14.2 Å². The maximum atomic E-state index is 11.3. The average molecular weight is 349 g/mol. The highest BCUT2D eigenvalue weighted by atomic mass is 16.5. The second-order valence-electron chi connectivity index (χ2n) is 5.71. The number of methoxy groups -OCH3 is 3. The van der Waals surface area contributed by atoms with E-state index in [1.807, 2.05) is 19.1 Å². The van der Waals surface area contributed by atoms with Gasteiger partial charge in [0.05, 0.1) is 34.3 Å². The third kappa shape index (κ3) is 4.78. The first kappa shape index (κ1) is 18.9. The fourth-order valence-electron chi connectivity index (χ4n) is 2.84. The first-order valence-electron chi connectivity index (χ1n) is 8.46. The van der Waals surface area contributed by atoms with E-state index in [0.717, 1.165) is 43.5 Å². The monoisotopic (exact) mass is 349 g/mol. The minimum atomic E-state index is -0.250. The molecule has 2 rings (SSSR count). The van der Waals surface area contributed by atoms with Crippen LogP contribution in [0.2, 0.25) is 0 Å². The molecule has 0 saturated heterocycles. The number of aliphatic imine (C=N–C) groups is 1. The van der Waals surface area contributed by atoms with Crippen molar-refractivity contribution in [3.8, 4) is 11.5 Å². The summed E-state index contributed by atoms with van der Waals surface area (Å²) in [6.07, 6.45) is 1.18. The number of benzene rings is 1. The van der Waals surface area contributed by atoms with Crippen LogP contribution in [0.1, 0.15) is 24.5 Å². The predicted octanol–water partition coefficient (Wildman–Crippen LogP) is 1.59. The number of carbonyl (C=O) groups excluding carboxylic acids is 1. The first-order chi connectivity index (χ1) is 12.1. The van der Waals surface area contributed by atoms with E-state index in [0.29, 0.717) is 6.54 Å². The lowest BCUT2D eigenvalue weighted by Crippen LogP contribution is -2.44. The van der Waals surface area contributed by atoms with Crippen LogP contribution in [0, 0.1) is 0 Å². The Bertz CT molecular complexity index is 631. The molecule has 0 bridgehead atoms. The Morgan fingerprint density at radius 1 is 1.20 bits per heavy atom. The molecule has 0 unspecified atom stereocenters. The number of carbonyl (C=O) groups is 1. The number of fused-ring (bicyclic) bond motifs is 1. The van der Waals surface area contributed by atoms with Crippen molar-refractivity contribution in [1.82, 2.24) is 10.2 Å². The summed E-state index contributed by atoms with van der Waals surface area (Å²) in [5.74, 6) is 2.05. The van der Waals surface area contributed by atoms with Crippen LogP contribution in [0.4, 0.5) is 0 Å². The van der Waals surface area contributed by atoms with Crippen LogP contribution in [-0.2, 0) is 22.5 Å². The molecule has 25 heavy (non-hydrogen) atoms. The summed E-state index contributed by atoms with van der Waals surface area (Å²) in [5.41, 5.74) is 2.46. The number of nitrogens with one attached hydrogen (secondary N) is 1. The smallest absolute Gasteiger partial charge is 0.307 e. The van der Waals surface area contributed by atoms with E-state index in [4.69, 9.17) is 9.47 Å². The zero-order valence-electron chi connectivity index (χ0n) is 15.4. The van der Waals surface area contributed by atoms with Gasteiger partial charge in [0.1, 0.15) is 0 Å². The SMILES string of the molecule is CCNC(=NCCC(=O)OC)N1CCc2cc(OC)c(OC)cc2C1. The number of nitrogens with zero attached hydrogens (tertiary/aromatic N) is 2. The van der Waals surface area contributed by atoms with E-state index >= 15 is 0 Å². The van der Waals surface area contributed by atoms with Gasteiger partial charge in [-0.1, -0.05) is 0 Å². The Labute approximate surface area is 149 Å². The van der Waals surface area contributed by atoms with Gasteiger partial charge in [0, 0.05) is 19.6 Å². The first-order valence-corrected chi connectivity index (χ1v) is 8.46. The molecule has 7 nitrogen and oxygen atoms in total. The maximum Gasteiger partial charge on any atom is 0.307 e.